The van der Waals surface area contributed by atoms with Crippen molar-refractivity contribution >= 4 is 23.4 Å². The van der Waals surface area contributed by atoms with Crippen LogP contribution in [-0.4, -0.2) is 29.5 Å². The first-order chi connectivity index (χ1) is 15.8. The predicted molar refractivity (Wildman–Crippen MR) is 124 cm³/mol. The van der Waals surface area contributed by atoms with Crippen molar-refractivity contribution in [1.29, 1.82) is 0 Å². The normalized spacial score (nSPS) is 23.2. The molecule has 2 aliphatic rings. The lowest BCUT2D eigenvalue weighted by Crippen LogP contribution is -2.58. The van der Waals surface area contributed by atoms with E-state index in [-0.39, 0.29) is 11.7 Å². The van der Waals surface area contributed by atoms with E-state index in [1.165, 1.54) is 18.4 Å². The third-order valence-corrected chi connectivity index (χ3v) is 6.87. The number of hydrogen-bond acceptors (Lipinski definition) is 7. The third-order valence-electron chi connectivity index (χ3n) is 5.88. The molecular weight excluding hydrogens is 440 g/mol. The Morgan fingerprint density at radius 1 is 1.21 bits per heavy atom. The lowest BCUT2D eigenvalue weighted by atomic mass is 9.81. The molecule has 2 aliphatic heterocycles. The molecule has 0 saturated heterocycles. The van der Waals surface area contributed by atoms with Crippen LogP contribution in [0.5, 0.6) is 11.5 Å². The van der Waals surface area contributed by atoms with Crippen LogP contribution in [0.4, 0.5) is 0 Å². The lowest BCUT2D eigenvalue weighted by molar-refractivity contribution is -0.158. The smallest absolute Gasteiger partial charge is 0.317 e. The number of nitrogens with zero attached hydrogens (tertiary/aromatic N) is 2. The third kappa shape index (κ3) is 3.54. The highest BCUT2D eigenvalue weighted by atomic mass is 32.1. The number of aromatic nitrogens is 1. The van der Waals surface area contributed by atoms with Crippen LogP contribution in [0.15, 0.2) is 58.3 Å². The molecule has 0 saturated carbocycles. The zero-order valence-electron chi connectivity index (χ0n) is 18.8. The lowest BCUT2D eigenvalue weighted by Gasteiger charge is -2.44. The number of ether oxygens (including phenoxy) is 3. The van der Waals surface area contributed by atoms with Gasteiger partial charge in [0.25, 0.3) is 5.56 Å². The molecule has 0 amide bonds. The second kappa shape index (κ2) is 7.88. The van der Waals surface area contributed by atoms with E-state index < -0.39 is 23.7 Å². The molecule has 3 heterocycles. The summed E-state index contributed by atoms with van der Waals surface area (Å²) in [6.07, 6.45) is 1.92. The molecule has 7 nitrogen and oxygen atoms in total. The zero-order valence-corrected chi connectivity index (χ0v) is 19.6. The molecule has 3 unspecified atom stereocenters. The van der Waals surface area contributed by atoms with E-state index in [0.29, 0.717) is 15.1 Å². The number of hydrogen-bond donors (Lipinski definition) is 0. The zero-order chi connectivity index (χ0) is 23.3. The van der Waals surface area contributed by atoms with Gasteiger partial charge < -0.3 is 14.2 Å². The molecule has 5 rings (SSSR count). The molecule has 0 N–H and O–H groups in total. The molecule has 0 aliphatic carbocycles. The summed E-state index contributed by atoms with van der Waals surface area (Å²) >= 11 is 1.29. The SMILES string of the molecule is COC(=O)C1C2c3ccccc3OC1(C)N=c1s/c(=C\c3ccc(OC(C)C)cc3)c(=O)n12. The second-order valence-electron chi connectivity index (χ2n) is 8.56. The number of benzene rings is 2. The highest BCUT2D eigenvalue weighted by Gasteiger charge is 2.55. The van der Waals surface area contributed by atoms with Crippen molar-refractivity contribution < 1.29 is 19.0 Å². The molecule has 3 atom stereocenters. The maximum Gasteiger partial charge on any atom is 0.317 e. The van der Waals surface area contributed by atoms with Crippen LogP contribution >= 0.6 is 11.3 Å². The van der Waals surface area contributed by atoms with E-state index in [1.807, 2.05) is 68.5 Å². The van der Waals surface area contributed by atoms with Gasteiger partial charge in [0.05, 0.1) is 23.8 Å². The Hall–Kier alpha value is -3.39. The van der Waals surface area contributed by atoms with E-state index in [2.05, 4.69) is 0 Å². The summed E-state index contributed by atoms with van der Waals surface area (Å²) in [6.45, 7) is 5.71. The molecule has 0 spiro atoms. The Balaban J connectivity index is 1.67. The van der Waals surface area contributed by atoms with Gasteiger partial charge >= 0.3 is 5.97 Å². The maximum absolute atomic E-state index is 13.6. The fraction of sp³-hybridized carbons (Fsp3) is 0.320. The minimum Gasteiger partial charge on any atom is -0.491 e. The van der Waals surface area contributed by atoms with Crippen molar-refractivity contribution in [3.05, 3.63) is 79.3 Å². The van der Waals surface area contributed by atoms with Crippen molar-refractivity contribution in [2.75, 3.05) is 7.11 Å². The Labute approximate surface area is 194 Å². The van der Waals surface area contributed by atoms with Crippen LogP contribution in [0.2, 0.25) is 0 Å². The molecule has 3 aromatic rings. The van der Waals surface area contributed by atoms with Crippen molar-refractivity contribution in [3.8, 4) is 11.5 Å². The van der Waals surface area contributed by atoms with Crippen molar-refractivity contribution in [3.63, 3.8) is 0 Å². The Morgan fingerprint density at radius 3 is 2.64 bits per heavy atom. The summed E-state index contributed by atoms with van der Waals surface area (Å²) in [6, 6.07) is 14.5. The van der Waals surface area contributed by atoms with Gasteiger partial charge in [0.2, 0.25) is 5.72 Å². The Kier molecular flexibility index (Phi) is 5.12. The highest BCUT2D eigenvalue weighted by Crippen LogP contribution is 2.47. The number of rotatable bonds is 4. The average Bonchev–Trinajstić information content (AvgIpc) is 3.07. The fourth-order valence-electron chi connectivity index (χ4n) is 4.50. The van der Waals surface area contributed by atoms with Gasteiger partial charge in [-0.25, -0.2) is 4.99 Å². The Bertz CT molecular complexity index is 1410. The largest absolute Gasteiger partial charge is 0.491 e. The van der Waals surface area contributed by atoms with Gasteiger partial charge in [-0.1, -0.05) is 41.7 Å². The summed E-state index contributed by atoms with van der Waals surface area (Å²) in [5.41, 5.74) is 0.274. The van der Waals surface area contributed by atoms with Gasteiger partial charge in [-0.3, -0.25) is 14.2 Å². The first-order valence-corrected chi connectivity index (χ1v) is 11.6. The quantitative estimate of drug-likeness (QED) is 0.555. The van der Waals surface area contributed by atoms with E-state index in [4.69, 9.17) is 19.2 Å². The maximum atomic E-state index is 13.6. The molecule has 0 fully saturated rings. The number of carbonyl (C=O) groups excluding carboxylic acids is 1. The summed E-state index contributed by atoms with van der Waals surface area (Å²) in [5.74, 6) is 0.146. The molecule has 8 heteroatoms. The number of methoxy groups -OCH3 is 1. The highest BCUT2D eigenvalue weighted by molar-refractivity contribution is 7.07. The van der Waals surface area contributed by atoms with Crippen LogP contribution in [0, 0.1) is 5.92 Å². The van der Waals surface area contributed by atoms with Crippen LogP contribution in [0.1, 0.15) is 37.9 Å². The average molecular weight is 465 g/mol. The first kappa shape index (κ1) is 21.5. The van der Waals surface area contributed by atoms with Crippen LogP contribution < -0.4 is 24.4 Å². The van der Waals surface area contributed by atoms with Gasteiger partial charge in [0.1, 0.15) is 17.4 Å². The van der Waals surface area contributed by atoms with Crippen LogP contribution in [0.25, 0.3) is 6.08 Å². The van der Waals surface area contributed by atoms with E-state index in [9.17, 15) is 9.59 Å². The molecule has 2 bridgehead atoms. The number of esters is 1. The van der Waals surface area contributed by atoms with Crippen molar-refractivity contribution in [2.45, 2.75) is 38.6 Å². The number of fused-ring (bicyclic) bond motifs is 6. The predicted octanol–water partition coefficient (Wildman–Crippen LogP) is 2.65. The number of para-hydroxylation sites is 1. The van der Waals surface area contributed by atoms with Crippen molar-refractivity contribution in [2.24, 2.45) is 10.9 Å². The summed E-state index contributed by atoms with van der Waals surface area (Å²) in [4.78, 5) is 31.7. The van der Waals surface area contributed by atoms with Gasteiger partial charge in [-0.05, 0) is 50.6 Å². The molecule has 170 valence electrons. The van der Waals surface area contributed by atoms with Crippen molar-refractivity contribution in [1.82, 2.24) is 4.57 Å². The molecule has 2 aromatic carbocycles. The Morgan fingerprint density at radius 2 is 1.94 bits per heavy atom. The molecule has 33 heavy (non-hydrogen) atoms. The van der Waals surface area contributed by atoms with Gasteiger partial charge in [-0.2, -0.15) is 0 Å². The van der Waals surface area contributed by atoms with E-state index in [1.54, 1.807) is 11.5 Å². The summed E-state index contributed by atoms with van der Waals surface area (Å²) < 4.78 is 19.1. The van der Waals surface area contributed by atoms with E-state index in [0.717, 1.165) is 16.9 Å². The molecular formula is C25H24N2O5S. The first-order valence-electron chi connectivity index (χ1n) is 10.8. The summed E-state index contributed by atoms with van der Waals surface area (Å²) in [5, 5.41) is 0. The number of carbonyl (C=O) groups is 1. The molecule has 1 aromatic heterocycles. The molecule has 0 radical (unpaired) electrons. The monoisotopic (exact) mass is 464 g/mol. The minimum atomic E-state index is -1.17. The second-order valence-corrected chi connectivity index (χ2v) is 9.57. The fourth-order valence-corrected chi connectivity index (χ4v) is 5.60. The van der Waals surface area contributed by atoms with Crippen LogP contribution in [0.3, 0.4) is 0 Å². The van der Waals surface area contributed by atoms with Gasteiger partial charge in [0, 0.05) is 5.56 Å². The van der Waals surface area contributed by atoms with Gasteiger partial charge in [0.15, 0.2) is 4.80 Å². The minimum absolute atomic E-state index is 0.0867. The topological polar surface area (TPSA) is 79.1 Å². The van der Waals surface area contributed by atoms with Crippen LogP contribution in [-0.2, 0) is 9.53 Å². The standard InChI is InChI=1S/C25H24N2O5S/c1-14(2)31-16-11-9-15(10-12-16)13-19-22(28)27-21-17-7-5-6-8-18(17)32-25(3,26-24(27)33-19)20(21)23(29)30-4/h5-14,20-21H,1-4H3/b19-13-. The van der Waals surface area contributed by atoms with E-state index >= 15 is 0 Å². The van der Waals surface area contributed by atoms with Gasteiger partial charge in [-0.15, -0.1) is 0 Å². The summed E-state index contributed by atoms with van der Waals surface area (Å²) in [7, 11) is 1.34. The number of thiazole rings is 1.